The standard InChI is InChI=1S/C5H8N4S2/c6-9-5(10)8-3-4-7-1-2-11-4/h1-2H,3,6H2,(H2,8,9,10). The number of nitrogens with two attached hydrogens (primary N) is 1. The average molecular weight is 188 g/mol. The minimum absolute atomic E-state index is 0.431. The van der Waals surface area contributed by atoms with E-state index in [9.17, 15) is 0 Å². The maximum absolute atomic E-state index is 5.04. The van der Waals surface area contributed by atoms with Gasteiger partial charge in [-0.2, -0.15) is 0 Å². The highest BCUT2D eigenvalue weighted by Crippen LogP contribution is 2.01. The third kappa shape index (κ3) is 2.79. The van der Waals surface area contributed by atoms with Crippen molar-refractivity contribution < 1.29 is 0 Å². The summed E-state index contributed by atoms with van der Waals surface area (Å²) in [4.78, 5) is 4.05. The molecule has 0 radical (unpaired) electrons. The van der Waals surface area contributed by atoms with Crippen molar-refractivity contribution in [3.05, 3.63) is 16.6 Å². The van der Waals surface area contributed by atoms with E-state index in [1.54, 1.807) is 17.5 Å². The summed E-state index contributed by atoms with van der Waals surface area (Å²) in [5.74, 6) is 5.04. The highest BCUT2D eigenvalue weighted by atomic mass is 32.1. The number of aromatic nitrogens is 1. The second kappa shape index (κ2) is 4.22. The van der Waals surface area contributed by atoms with Crippen LogP contribution in [-0.2, 0) is 6.54 Å². The van der Waals surface area contributed by atoms with E-state index >= 15 is 0 Å². The summed E-state index contributed by atoms with van der Waals surface area (Å²) in [7, 11) is 0. The van der Waals surface area contributed by atoms with Crippen LogP contribution in [0, 0.1) is 0 Å². The third-order valence-electron chi connectivity index (χ3n) is 1.01. The maximum Gasteiger partial charge on any atom is 0.180 e. The Morgan fingerprint density at radius 2 is 2.64 bits per heavy atom. The lowest BCUT2D eigenvalue weighted by atomic mass is 10.7. The van der Waals surface area contributed by atoms with Gasteiger partial charge >= 0.3 is 0 Å². The van der Waals surface area contributed by atoms with Crippen LogP contribution < -0.4 is 16.6 Å². The molecule has 0 aliphatic carbocycles. The molecule has 4 nitrogen and oxygen atoms in total. The Balaban J connectivity index is 2.29. The molecule has 60 valence electrons. The first-order chi connectivity index (χ1) is 5.33. The van der Waals surface area contributed by atoms with Gasteiger partial charge in [-0.15, -0.1) is 11.3 Å². The van der Waals surface area contributed by atoms with Crippen molar-refractivity contribution in [1.29, 1.82) is 0 Å². The van der Waals surface area contributed by atoms with Crippen LogP contribution in [-0.4, -0.2) is 10.1 Å². The SMILES string of the molecule is NNC(=S)NCc1nccs1. The van der Waals surface area contributed by atoms with Crippen LogP contribution in [0.5, 0.6) is 0 Å². The van der Waals surface area contributed by atoms with E-state index in [0.717, 1.165) is 5.01 Å². The molecule has 11 heavy (non-hydrogen) atoms. The predicted molar refractivity (Wildman–Crippen MR) is 48.9 cm³/mol. The predicted octanol–water partition coefficient (Wildman–Crippen LogP) is -0.0191. The molecule has 0 unspecified atom stereocenters. The molecule has 0 fully saturated rings. The van der Waals surface area contributed by atoms with Gasteiger partial charge in [0.05, 0.1) is 6.54 Å². The van der Waals surface area contributed by atoms with Gasteiger partial charge in [0, 0.05) is 11.6 Å². The van der Waals surface area contributed by atoms with Gasteiger partial charge in [-0.3, -0.25) is 0 Å². The molecule has 0 aromatic carbocycles. The van der Waals surface area contributed by atoms with Crippen molar-refractivity contribution in [3.63, 3.8) is 0 Å². The Kier molecular flexibility index (Phi) is 3.21. The molecule has 1 rings (SSSR count). The van der Waals surface area contributed by atoms with Gasteiger partial charge in [0.25, 0.3) is 0 Å². The Bertz CT molecular complexity index is 220. The van der Waals surface area contributed by atoms with Crippen LogP contribution in [0.25, 0.3) is 0 Å². The first-order valence-electron chi connectivity index (χ1n) is 2.95. The number of nitrogens with one attached hydrogen (secondary N) is 2. The number of nitrogens with zero attached hydrogens (tertiary/aromatic N) is 1. The molecule has 0 bridgehead atoms. The fourth-order valence-electron chi connectivity index (χ4n) is 0.547. The third-order valence-corrected chi connectivity index (χ3v) is 2.06. The number of hydrogen-bond acceptors (Lipinski definition) is 4. The second-order valence-corrected chi connectivity index (χ2v) is 3.14. The largest absolute Gasteiger partial charge is 0.355 e. The smallest absolute Gasteiger partial charge is 0.180 e. The number of hydrazine groups is 1. The number of rotatable bonds is 2. The molecular weight excluding hydrogens is 180 g/mol. The van der Waals surface area contributed by atoms with E-state index in [2.05, 4.69) is 15.7 Å². The summed E-state index contributed by atoms with van der Waals surface area (Å²) >= 11 is 6.33. The summed E-state index contributed by atoms with van der Waals surface area (Å²) < 4.78 is 0. The van der Waals surface area contributed by atoms with E-state index < -0.39 is 0 Å². The number of thiocarbonyl (C=S) groups is 1. The van der Waals surface area contributed by atoms with Gasteiger partial charge < -0.3 is 10.7 Å². The normalized spacial score (nSPS) is 9.18. The van der Waals surface area contributed by atoms with Crippen molar-refractivity contribution in [2.24, 2.45) is 5.84 Å². The zero-order valence-electron chi connectivity index (χ0n) is 5.70. The molecule has 6 heteroatoms. The topological polar surface area (TPSA) is 63.0 Å². The van der Waals surface area contributed by atoms with Crippen LogP contribution in [0.2, 0.25) is 0 Å². The lowest BCUT2D eigenvalue weighted by Crippen LogP contribution is -2.39. The molecule has 0 aliphatic heterocycles. The highest BCUT2D eigenvalue weighted by molar-refractivity contribution is 7.80. The van der Waals surface area contributed by atoms with Crippen molar-refractivity contribution in [2.75, 3.05) is 0 Å². The molecular formula is C5H8N4S2. The van der Waals surface area contributed by atoms with E-state index in [1.807, 2.05) is 5.38 Å². The lowest BCUT2D eigenvalue weighted by molar-refractivity contribution is 0.858. The number of hydrogen-bond donors (Lipinski definition) is 3. The zero-order chi connectivity index (χ0) is 8.10. The Labute approximate surface area is 73.8 Å². The molecule has 0 amide bonds. The summed E-state index contributed by atoms with van der Waals surface area (Å²) in [6, 6.07) is 0. The summed E-state index contributed by atoms with van der Waals surface area (Å²) in [6.07, 6.45) is 1.75. The maximum atomic E-state index is 5.04. The molecule has 0 spiro atoms. The Hall–Kier alpha value is -0.720. The van der Waals surface area contributed by atoms with Crippen LogP contribution in [0.1, 0.15) is 5.01 Å². The quantitative estimate of drug-likeness (QED) is 0.346. The molecule has 0 aliphatic rings. The van der Waals surface area contributed by atoms with E-state index in [4.69, 9.17) is 18.1 Å². The fourth-order valence-corrected chi connectivity index (χ4v) is 1.18. The van der Waals surface area contributed by atoms with E-state index in [1.165, 1.54) is 0 Å². The van der Waals surface area contributed by atoms with Crippen LogP contribution in [0.15, 0.2) is 11.6 Å². The van der Waals surface area contributed by atoms with Gasteiger partial charge in [0.15, 0.2) is 5.11 Å². The van der Waals surface area contributed by atoms with Gasteiger partial charge in [-0.1, -0.05) is 0 Å². The van der Waals surface area contributed by atoms with Gasteiger partial charge in [-0.05, 0) is 12.2 Å². The summed E-state index contributed by atoms with van der Waals surface area (Å²) in [5, 5.41) is 6.21. The van der Waals surface area contributed by atoms with Gasteiger partial charge in [0.1, 0.15) is 5.01 Å². The Morgan fingerprint density at radius 1 is 1.82 bits per heavy atom. The first-order valence-corrected chi connectivity index (χ1v) is 4.24. The van der Waals surface area contributed by atoms with E-state index in [-0.39, 0.29) is 0 Å². The van der Waals surface area contributed by atoms with Crippen LogP contribution >= 0.6 is 23.6 Å². The van der Waals surface area contributed by atoms with Crippen molar-refractivity contribution in [2.45, 2.75) is 6.54 Å². The minimum Gasteiger partial charge on any atom is -0.355 e. The summed E-state index contributed by atoms with van der Waals surface area (Å²) in [5.41, 5.74) is 2.32. The molecule has 1 aromatic rings. The van der Waals surface area contributed by atoms with Gasteiger partial charge in [0.2, 0.25) is 0 Å². The fraction of sp³-hybridized carbons (Fsp3) is 0.200. The van der Waals surface area contributed by atoms with Crippen LogP contribution in [0.4, 0.5) is 0 Å². The van der Waals surface area contributed by atoms with Crippen molar-refractivity contribution in [1.82, 2.24) is 15.7 Å². The molecule has 1 aromatic heterocycles. The van der Waals surface area contributed by atoms with E-state index in [0.29, 0.717) is 11.7 Å². The summed E-state index contributed by atoms with van der Waals surface area (Å²) in [6.45, 7) is 0.626. The minimum atomic E-state index is 0.431. The molecule has 4 N–H and O–H groups in total. The molecule has 0 atom stereocenters. The monoisotopic (exact) mass is 188 g/mol. The second-order valence-electron chi connectivity index (χ2n) is 1.75. The average Bonchev–Trinajstić information content (AvgIpc) is 2.52. The lowest BCUT2D eigenvalue weighted by Gasteiger charge is -2.02. The number of thiazole rings is 1. The first kappa shape index (κ1) is 8.38. The molecule has 0 saturated heterocycles. The van der Waals surface area contributed by atoms with Crippen molar-refractivity contribution in [3.8, 4) is 0 Å². The zero-order valence-corrected chi connectivity index (χ0v) is 7.34. The van der Waals surface area contributed by atoms with Crippen LogP contribution in [0.3, 0.4) is 0 Å². The van der Waals surface area contributed by atoms with Crippen molar-refractivity contribution >= 4 is 28.7 Å². The molecule has 1 heterocycles. The van der Waals surface area contributed by atoms with Gasteiger partial charge in [-0.25, -0.2) is 10.8 Å². The molecule has 0 saturated carbocycles. The highest BCUT2D eigenvalue weighted by Gasteiger charge is 1.94. The Morgan fingerprint density at radius 3 is 3.18 bits per heavy atom.